The van der Waals surface area contributed by atoms with Gasteiger partial charge in [-0.25, -0.2) is 0 Å². The summed E-state index contributed by atoms with van der Waals surface area (Å²) in [6.07, 6.45) is 0. The minimum absolute atomic E-state index is 0.0665. The molecule has 87 heavy (non-hydrogen) atoms. The average molecular weight is 1140 g/mol. The van der Waals surface area contributed by atoms with Crippen LogP contribution >= 0.6 is 11.8 Å². The highest BCUT2D eigenvalue weighted by atomic mass is 32.2. The number of hydrogen-bond acceptors (Lipinski definition) is 2. The van der Waals surface area contributed by atoms with Crippen molar-refractivity contribution in [2.24, 2.45) is 0 Å². The van der Waals surface area contributed by atoms with E-state index in [4.69, 9.17) is 0 Å². The molecular weight excluding hydrogens is 1070 g/mol. The van der Waals surface area contributed by atoms with Crippen molar-refractivity contribution in [1.29, 1.82) is 0 Å². The lowest BCUT2D eigenvalue weighted by Gasteiger charge is -2.41. The lowest BCUT2D eigenvalue weighted by molar-refractivity contribution is 0.581. The summed E-state index contributed by atoms with van der Waals surface area (Å²) in [5.41, 5.74) is 29.2. The molecule has 0 saturated carbocycles. The fourth-order valence-corrected chi connectivity index (χ4v) is 16.9. The smallest absolute Gasteiger partial charge is 0.0736 e. The van der Waals surface area contributed by atoms with Crippen LogP contribution in [0.5, 0.6) is 0 Å². The van der Waals surface area contributed by atoms with Gasteiger partial charge in [-0.05, 0) is 182 Å². The lowest BCUT2D eigenvalue weighted by atomic mass is 9.65. The third-order valence-corrected chi connectivity index (χ3v) is 21.3. The quantitative estimate of drug-likeness (QED) is 0.174. The van der Waals surface area contributed by atoms with Crippen LogP contribution in [0.1, 0.15) is 150 Å². The van der Waals surface area contributed by atoms with E-state index in [0.717, 1.165) is 22.7 Å². The Bertz CT molecular complexity index is 4720. The minimum Gasteiger partial charge on any atom is -0.308 e. The molecule has 11 aromatic carbocycles. The van der Waals surface area contributed by atoms with Gasteiger partial charge in [0.15, 0.2) is 0 Å². The van der Waals surface area contributed by atoms with Gasteiger partial charge in [0.1, 0.15) is 0 Å². The van der Waals surface area contributed by atoms with Crippen molar-refractivity contribution in [3.63, 3.8) is 0 Å². The van der Waals surface area contributed by atoms with E-state index < -0.39 is 10.8 Å². The highest BCUT2D eigenvalue weighted by Gasteiger charge is 2.54. The summed E-state index contributed by atoms with van der Waals surface area (Å²) in [5, 5.41) is 2.48. The van der Waals surface area contributed by atoms with E-state index in [-0.39, 0.29) is 21.7 Å². The monoisotopic (exact) mass is 1140 g/mol. The standard InChI is InChI=1S/C84H74N2S/c1-79(2,3)51-33-39-59-60-40-34-52(80(4,5)6)46-68(60)83(67(59)45-51)65-27-17-13-23-57(65)61-41-37-55(49-69(61)83)85(75-31-21-22-32-76(75)86-73-29-19-15-25-63(73)64-26-16-20-30-74(64)86)56-38-42-62-58-24-14-18-28-66(58)84(70(62)50-56)71-47-53(81(7,8)9)35-43-77(71)87-78-44-36-54(48-72(78)84)82(10,11)12/h13-50H,1-12H3. The summed E-state index contributed by atoms with van der Waals surface area (Å²) in [6, 6.07) is 90.3. The molecule has 0 amide bonds. The van der Waals surface area contributed by atoms with Crippen LogP contribution in [0.4, 0.5) is 17.1 Å². The van der Waals surface area contributed by atoms with E-state index in [1.807, 2.05) is 11.8 Å². The fraction of sp³-hybridized carbons (Fsp3) is 0.214. The zero-order chi connectivity index (χ0) is 59.9. The third kappa shape index (κ3) is 7.61. The van der Waals surface area contributed by atoms with Gasteiger partial charge in [0, 0.05) is 31.9 Å². The van der Waals surface area contributed by atoms with Gasteiger partial charge in [0.05, 0.1) is 33.2 Å². The van der Waals surface area contributed by atoms with Crippen molar-refractivity contribution in [1.82, 2.24) is 4.57 Å². The molecule has 12 aromatic rings. The Labute approximate surface area is 518 Å². The summed E-state index contributed by atoms with van der Waals surface area (Å²) >= 11 is 1.93. The highest BCUT2D eigenvalue weighted by molar-refractivity contribution is 7.99. The van der Waals surface area contributed by atoms with Gasteiger partial charge in [0.25, 0.3) is 0 Å². The molecule has 0 N–H and O–H groups in total. The first-order valence-corrected chi connectivity index (χ1v) is 32.1. The van der Waals surface area contributed by atoms with Crippen LogP contribution in [0.15, 0.2) is 240 Å². The Hall–Kier alpha value is -8.63. The van der Waals surface area contributed by atoms with Crippen molar-refractivity contribution >= 4 is 50.6 Å². The number of nitrogens with zero attached hydrogens (tertiary/aromatic N) is 2. The van der Waals surface area contributed by atoms with E-state index >= 15 is 0 Å². The van der Waals surface area contributed by atoms with Gasteiger partial charge >= 0.3 is 0 Å². The van der Waals surface area contributed by atoms with Crippen LogP contribution in [0.3, 0.4) is 0 Å². The van der Waals surface area contributed by atoms with E-state index in [9.17, 15) is 0 Å². The first kappa shape index (κ1) is 53.8. The fourth-order valence-electron chi connectivity index (χ4n) is 15.7. The molecule has 1 aromatic heterocycles. The van der Waals surface area contributed by atoms with Gasteiger partial charge in [-0.2, -0.15) is 0 Å². The molecule has 0 radical (unpaired) electrons. The molecule has 16 rings (SSSR count). The maximum atomic E-state index is 2.62. The predicted octanol–water partition coefficient (Wildman–Crippen LogP) is 22.6. The Morgan fingerprint density at radius 2 is 0.632 bits per heavy atom. The van der Waals surface area contributed by atoms with E-state index in [2.05, 4.69) is 323 Å². The molecule has 1 aliphatic heterocycles. The van der Waals surface area contributed by atoms with E-state index in [0.29, 0.717) is 0 Å². The number of benzene rings is 11. The predicted molar refractivity (Wildman–Crippen MR) is 368 cm³/mol. The summed E-state index contributed by atoms with van der Waals surface area (Å²) in [7, 11) is 0. The summed E-state index contributed by atoms with van der Waals surface area (Å²) < 4.78 is 2.51. The molecule has 0 unspecified atom stereocenters. The molecule has 2 nitrogen and oxygen atoms in total. The molecule has 2 spiro atoms. The van der Waals surface area contributed by atoms with Gasteiger partial charge < -0.3 is 9.47 Å². The number of fused-ring (bicyclic) bond motifs is 22. The number of anilines is 3. The SMILES string of the molecule is CC(C)(C)c1ccc2c(c1)C1(c3cc(C(C)(C)C)ccc3S2)c2ccccc2-c2ccc(N(c3ccc4c(c3)C3(c5ccccc5-4)c4cc(C(C)(C)C)ccc4-c4ccc(C(C)(C)C)cc43)c3ccccc3-n3c4ccccc4c4ccccc43)cc21. The normalized spacial score (nSPS) is 14.8. The zero-order valence-corrected chi connectivity index (χ0v) is 53.1. The van der Waals surface area contributed by atoms with Crippen LogP contribution in [0.2, 0.25) is 0 Å². The van der Waals surface area contributed by atoms with E-state index in [1.165, 1.54) is 132 Å². The molecule has 0 atom stereocenters. The third-order valence-electron chi connectivity index (χ3n) is 20.1. The molecule has 2 heterocycles. The number of hydrogen-bond donors (Lipinski definition) is 0. The van der Waals surface area contributed by atoms with Crippen LogP contribution in [0, 0.1) is 0 Å². The lowest BCUT2D eigenvalue weighted by Crippen LogP contribution is -2.33. The van der Waals surface area contributed by atoms with Crippen molar-refractivity contribution in [2.75, 3.05) is 4.90 Å². The topological polar surface area (TPSA) is 8.17 Å². The molecular formula is C84H74N2S. The van der Waals surface area contributed by atoms with Gasteiger partial charge in [-0.1, -0.05) is 265 Å². The van der Waals surface area contributed by atoms with Crippen LogP contribution in [-0.2, 0) is 32.5 Å². The molecule has 0 bridgehead atoms. The van der Waals surface area contributed by atoms with Crippen molar-refractivity contribution < 1.29 is 0 Å². The summed E-state index contributed by atoms with van der Waals surface area (Å²) in [6.45, 7) is 28.3. The first-order valence-electron chi connectivity index (χ1n) is 31.3. The Morgan fingerprint density at radius 1 is 0.299 bits per heavy atom. The Morgan fingerprint density at radius 3 is 1.08 bits per heavy atom. The van der Waals surface area contributed by atoms with Gasteiger partial charge in [-0.15, -0.1) is 0 Å². The van der Waals surface area contributed by atoms with E-state index in [1.54, 1.807) is 0 Å². The molecule has 3 aliphatic carbocycles. The number of para-hydroxylation sites is 4. The largest absolute Gasteiger partial charge is 0.308 e. The molecule has 3 heteroatoms. The van der Waals surface area contributed by atoms with Crippen molar-refractivity contribution in [3.8, 4) is 39.1 Å². The second-order valence-corrected chi connectivity index (χ2v) is 30.4. The average Bonchev–Trinajstić information content (AvgIpc) is 1.57. The second kappa shape index (κ2) is 18.5. The Kier molecular flexibility index (Phi) is 11.4. The minimum atomic E-state index is -0.630. The Balaban J connectivity index is 1.03. The molecule has 426 valence electrons. The van der Waals surface area contributed by atoms with Crippen LogP contribution in [-0.4, -0.2) is 4.57 Å². The summed E-state index contributed by atoms with van der Waals surface area (Å²) in [4.78, 5) is 5.24. The van der Waals surface area contributed by atoms with Crippen molar-refractivity contribution in [2.45, 2.75) is 125 Å². The maximum absolute atomic E-state index is 2.62. The molecule has 0 saturated heterocycles. The second-order valence-electron chi connectivity index (χ2n) is 29.3. The zero-order valence-electron chi connectivity index (χ0n) is 52.2. The highest BCUT2D eigenvalue weighted by Crippen LogP contribution is 2.66. The number of aromatic nitrogens is 1. The molecule has 4 aliphatic rings. The van der Waals surface area contributed by atoms with Crippen LogP contribution < -0.4 is 4.90 Å². The van der Waals surface area contributed by atoms with Crippen molar-refractivity contribution in [3.05, 3.63) is 297 Å². The maximum Gasteiger partial charge on any atom is 0.0736 e. The first-order chi connectivity index (χ1) is 41.7. The van der Waals surface area contributed by atoms with Gasteiger partial charge in [0.2, 0.25) is 0 Å². The van der Waals surface area contributed by atoms with Crippen LogP contribution in [0.25, 0.3) is 60.9 Å². The number of rotatable bonds is 4. The molecule has 0 fully saturated rings. The van der Waals surface area contributed by atoms with Gasteiger partial charge in [-0.3, -0.25) is 0 Å². The summed E-state index contributed by atoms with van der Waals surface area (Å²) in [5.74, 6) is 0.